The van der Waals surface area contributed by atoms with Crippen LogP contribution in [0, 0.1) is 0 Å². The van der Waals surface area contributed by atoms with Gasteiger partial charge in [-0.25, -0.2) is 0 Å². The van der Waals surface area contributed by atoms with Crippen LogP contribution in [-0.2, 0) is 25.7 Å². The first-order valence-corrected chi connectivity index (χ1v) is 7.48. The smallest absolute Gasteiger partial charge is 0.125 e. The van der Waals surface area contributed by atoms with E-state index in [1.165, 1.54) is 22.3 Å². The van der Waals surface area contributed by atoms with Crippen molar-refractivity contribution in [2.24, 2.45) is 0 Å². The van der Waals surface area contributed by atoms with E-state index in [9.17, 15) is 0 Å². The fourth-order valence-corrected chi connectivity index (χ4v) is 3.40. The molecular weight excluding hydrogens is 300 g/mol. The van der Waals surface area contributed by atoms with Gasteiger partial charge in [0.05, 0.1) is 7.11 Å². The number of methoxy groups -OCH3 is 1. The number of benzene rings is 2. The molecule has 2 aromatic carbocycles. The van der Waals surface area contributed by atoms with Crippen molar-refractivity contribution in [2.75, 3.05) is 7.11 Å². The number of halogens is 1. The second kappa shape index (κ2) is 5.38. The maximum Gasteiger partial charge on any atom is 0.125 e. The molecule has 0 aromatic heterocycles. The van der Waals surface area contributed by atoms with Gasteiger partial charge in [0.25, 0.3) is 0 Å². The molecule has 4 bridgehead atoms. The number of rotatable bonds is 1. The fourth-order valence-electron chi connectivity index (χ4n) is 2.84. The first-order chi connectivity index (χ1) is 9.26. The minimum absolute atomic E-state index is 1.03. The quantitative estimate of drug-likeness (QED) is 0.760. The van der Waals surface area contributed by atoms with E-state index in [0.29, 0.717) is 0 Å². The van der Waals surface area contributed by atoms with Gasteiger partial charge in [-0.05, 0) is 60.1 Å². The molecule has 19 heavy (non-hydrogen) atoms. The summed E-state index contributed by atoms with van der Waals surface area (Å²) in [7, 11) is 1.78. The van der Waals surface area contributed by atoms with E-state index >= 15 is 0 Å². The third kappa shape index (κ3) is 2.69. The minimum Gasteiger partial charge on any atom is -0.496 e. The van der Waals surface area contributed by atoms with Gasteiger partial charge < -0.3 is 4.74 Å². The van der Waals surface area contributed by atoms with Crippen LogP contribution in [0.25, 0.3) is 0 Å². The van der Waals surface area contributed by atoms with Crippen LogP contribution in [0.15, 0.2) is 40.9 Å². The topological polar surface area (TPSA) is 9.23 Å². The molecule has 2 heteroatoms. The lowest BCUT2D eigenvalue weighted by atomic mass is 9.94. The normalized spacial score (nSPS) is 14.0. The molecule has 1 nitrogen and oxygen atoms in total. The Balaban J connectivity index is 2.06. The highest BCUT2D eigenvalue weighted by atomic mass is 79.9. The van der Waals surface area contributed by atoms with Gasteiger partial charge in [0.2, 0.25) is 0 Å². The summed E-state index contributed by atoms with van der Waals surface area (Å²) in [6.07, 6.45) is 4.19. The van der Waals surface area contributed by atoms with Crippen molar-refractivity contribution < 1.29 is 4.74 Å². The SMILES string of the molecule is COc1c2cc(Br)cc1CCc1cccc(c1)CC2. The Bertz CT molecular complexity index is 560. The predicted molar refractivity (Wildman–Crippen MR) is 82.0 cm³/mol. The number of aryl methyl sites for hydroxylation is 4. The molecular formula is C17H17BrO. The Hall–Kier alpha value is -1.28. The zero-order chi connectivity index (χ0) is 13.2. The van der Waals surface area contributed by atoms with Gasteiger partial charge in [0.1, 0.15) is 5.75 Å². The molecule has 0 saturated carbocycles. The fraction of sp³-hybridized carbons (Fsp3) is 0.294. The molecule has 0 saturated heterocycles. The van der Waals surface area contributed by atoms with Crippen LogP contribution in [0.1, 0.15) is 22.3 Å². The highest BCUT2D eigenvalue weighted by molar-refractivity contribution is 9.10. The molecule has 0 N–H and O–H groups in total. The van der Waals surface area contributed by atoms with Gasteiger partial charge in [-0.2, -0.15) is 0 Å². The zero-order valence-electron chi connectivity index (χ0n) is 11.1. The summed E-state index contributed by atoms with van der Waals surface area (Å²) in [4.78, 5) is 0. The van der Waals surface area contributed by atoms with E-state index in [-0.39, 0.29) is 0 Å². The Morgan fingerprint density at radius 3 is 2.00 bits per heavy atom. The molecule has 0 fully saturated rings. The molecule has 2 aromatic rings. The zero-order valence-corrected chi connectivity index (χ0v) is 12.7. The molecule has 98 valence electrons. The molecule has 0 unspecified atom stereocenters. The summed E-state index contributed by atoms with van der Waals surface area (Å²) in [5.41, 5.74) is 5.45. The number of hydrogen-bond acceptors (Lipinski definition) is 1. The van der Waals surface area contributed by atoms with Crippen LogP contribution in [0.2, 0.25) is 0 Å². The lowest BCUT2D eigenvalue weighted by Crippen LogP contribution is -2.04. The minimum atomic E-state index is 1.03. The van der Waals surface area contributed by atoms with Gasteiger partial charge in [-0.1, -0.05) is 40.2 Å². The largest absolute Gasteiger partial charge is 0.496 e. The summed E-state index contributed by atoms with van der Waals surface area (Å²) in [5, 5.41) is 0. The third-order valence-corrected chi connectivity index (χ3v) is 4.23. The van der Waals surface area contributed by atoms with Crippen LogP contribution in [-0.4, -0.2) is 7.11 Å². The van der Waals surface area contributed by atoms with Crippen LogP contribution in [0.5, 0.6) is 5.75 Å². The highest BCUT2D eigenvalue weighted by Crippen LogP contribution is 2.31. The summed E-state index contributed by atoms with van der Waals surface area (Å²) < 4.78 is 6.80. The Kier molecular flexibility index (Phi) is 3.61. The van der Waals surface area contributed by atoms with Crippen LogP contribution in [0.4, 0.5) is 0 Å². The third-order valence-electron chi connectivity index (χ3n) is 3.77. The van der Waals surface area contributed by atoms with Crippen molar-refractivity contribution in [3.05, 3.63) is 63.1 Å². The number of hydrogen-bond donors (Lipinski definition) is 0. The van der Waals surface area contributed by atoms with E-state index in [1.54, 1.807) is 7.11 Å². The average Bonchev–Trinajstić information content (AvgIpc) is 2.42. The Labute approximate surface area is 122 Å². The van der Waals surface area contributed by atoms with Gasteiger partial charge in [-0.15, -0.1) is 0 Å². The molecule has 0 atom stereocenters. The predicted octanol–water partition coefficient (Wildman–Crippen LogP) is 4.34. The molecule has 3 rings (SSSR count). The average molecular weight is 317 g/mol. The number of fused-ring (bicyclic) bond motifs is 4. The van der Waals surface area contributed by atoms with Crippen molar-refractivity contribution in [1.82, 2.24) is 0 Å². The van der Waals surface area contributed by atoms with Crippen molar-refractivity contribution in [2.45, 2.75) is 25.7 Å². The molecule has 1 aliphatic rings. The highest BCUT2D eigenvalue weighted by Gasteiger charge is 2.13. The summed E-state index contributed by atoms with van der Waals surface area (Å²) in [6.45, 7) is 0. The lowest BCUT2D eigenvalue weighted by molar-refractivity contribution is 0.404. The Morgan fingerprint density at radius 1 is 0.895 bits per heavy atom. The standard InChI is InChI=1S/C17H17BrO/c1-19-17-14-7-5-12-3-2-4-13(9-12)6-8-15(17)11-16(18)10-14/h2-4,9-11H,5-8H2,1H3. The molecule has 0 radical (unpaired) electrons. The van der Waals surface area contributed by atoms with Gasteiger partial charge in [-0.3, -0.25) is 0 Å². The second-order valence-electron chi connectivity index (χ2n) is 5.08. The van der Waals surface area contributed by atoms with E-state index in [1.807, 2.05) is 0 Å². The molecule has 0 heterocycles. The summed E-state index contributed by atoms with van der Waals surface area (Å²) in [5.74, 6) is 1.08. The summed E-state index contributed by atoms with van der Waals surface area (Å²) in [6, 6.07) is 13.3. The van der Waals surface area contributed by atoms with Gasteiger partial charge in [0, 0.05) is 4.47 Å². The van der Waals surface area contributed by atoms with Crippen molar-refractivity contribution >= 4 is 15.9 Å². The molecule has 0 spiro atoms. The first kappa shape index (κ1) is 12.7. The number of ether oxygens (including phenoxy) is 1. The van der Waals surface area contributed by atoms with Crippen LogP contribution < -0.4 is 4.74 Å². The molecule has 0 aliphatic heterocycles. The van der Waals surface area contributed by atoms with E-state index in [4.69, 9.17) is 4.74 Å². The second-order valence-corrected chi connectivity index (χ2v) is 5.99. The van der Waals surface area contributed by atoms with Crippen LogP contribution >= 0.6 is 15.9 Å². The molecule has 1 aliphatic carbocycles. The van der Waals surface area contributed by atoms with Crippen LogP contribution in [0.3, 0.4) is 0 Å². The first-order valence-electron chi connectivity index (χ1n) is 6.69. The van der Waals surface area contributed by atoms with Gasteiger partial charge in [0.15, 0.2) is 0 Å². The molecule has 0 amide bonds. The van der Waals surface area contributed by atoms with E-state index < -0.39 is 0 Å². The van der Waals surface area contributed by atoms with Gasteiger partial charge >= 0.3 is 0 Å². The lowest BCUT2D eigenvalue weighted by Gasteiger charge is -2.17. The Morgan fingerprint density at radius 2 is 1.47 bits per heavy atom. The van der Waals surface area contributed by atoms with Crippen molar-refractivity contribution in [3.63, 3.8) is 0 Å². The van der Waals surface area contributed by atoms with E-state index in [0.717, 1.165) is 35.9 Å². The monoisotopic (exact) mass is 316 g/mol. The van der Waals surface area contributed by atoms with E-state index in [2.05, 4.69) is 52.3 Å². The maximum absolute atomic E-state index is 5.65. The summed E-state index contributed by atoms with van der Waals surface area (Å²) >= 11 is 3.62. The van der Waals surface area contributed by atoms with Crippen molar-refractivity contribution in [1.29, 1.82) is 0 Å². The van der Waals surface area contributed by atoms with Crippen molar-refractivity contribution in [3.8, 4) is 5.75 Å². The maximum atomic E-state index is 5.65.